The lowest BCUT2D eigenvalue weighted by Gasteiger charge is -2.28. The van der Waals surface area contributed by atoms with Gasteiger partial charge in [0.15, 0.2) is 5.69 Å². The second-order valence-corrected chi connectivity index (χ2v) is 8.05. The highest BCUT2D eigenvalue weighted by molar-refractivity contribution is 5.97. The van der Waals surface area contributed by atoms with Gasteiger partial charge in [0, 0.05) is 19.6 Å². The lowest BCUT2D eigenvalue weighted by Crippen LogP contribution is -2.49. The Bertz CT molecular complexity index is 887. The van der Waals surface area contributed by atoms with Gasteiger partial charge in [0.05, 0.1) is 5.69 Å². The maximum Gasteiger partial charge on any atom is 0.275 e. The third-order valence-electron chi connectivity index (χ3n) is 6.01. The van der Waals surface area contributed by atoms with Crippen LogP contribution in [-0.4, -0.2) is 45.1 Å². The van der Waals surface area contributed by atoms with Gasteiger partial charge in [-0.1, -0.05) is 19.3 Å². The van der Waals surface area contributed by atoms with Crippen molar-refractivity contribution in [3.63, 3.8) is 0 Å². The lowest BCUT2D eigenvalue weighted by atomic mass is 9.95. The van der Waals surface area contributed by atoms with Gasteiger partial charge in [-0.2, -0.15) is 5.10 Å². The number of carbonyl (C=O) groups is 2. The Morgan fingerprint density at radius 1 is 1.07 bits per heavy atom. The van der Waals surface area contributed by atoms with E-state index in [2.05, 4.69) is 10.4 Å². The number of rotatable bonds is 4. The SMILES string of the molecule is Cn1nc(C(=O)N2CCC[C@H]2C(=O)NC2CCCCC2)cc1-c1ccc(F)cc1. The predicted octanol–water partition coefficient (Wildman–Crippen LogP) is 3.28. The summed E-state index contributed by atoms with van der Waals surface area (Å²) in [4.78, 5) is 27.6. The summed E-state index contributed by atoms with van der Waals surface area (Å²) in [5.41, 5.74) is 1.83. The monoisotopic (exact) mass is 398 g/mol. The Morgan fingerprint density at radius 3 is 2.52 bits per heavy atom. The van der Waals surface area contributed by atoms with Crippen LogP contribution in [0.25, 0.3) is 11.3 Å². The molecule has 1 aromatic carbocycles. The van der Waals surface area contributed by atoms with E-state index in [4.69, 9.17) is 0 Å². The summed E-state index contributed by atoms with van der Waals surface area (Å²) in [6.07, 6.45) is 7.07. The molecule has 1 saturated carbocycles. The van der Waals surface area contributed by atoms with Crippen LogP contribution in [0.3, 0.4) is 0 Å². The van der Waals surface area contributed by atoms with Crippen LogP contribution in [0.15, 0.2) is 30.3 Å². The van der Waals surface area contributed by atoms with Crippen LogP contribution in [0.2, 0.25) is 0 Å². The Kier molecular flexibility index (Phi) is 5.65. The summed E-state index contributed by atoms with van der Waals surface area (Å²) in [5.74, 6) is -0.580. The average Bonchev–Trinajstić information content (AvgIpc) is 3.36. The summed E-state index contributed by atoms with van der Waals surface area (Å²) in [7, 11) is 1.76. The number of nitrogens with zero attached hydrogens (tertiary/aromatic N) is 3. The standard InChI is InChI=1S/C22H27FN4O2/c1-26-20(15-9-11-16(23)12-10-15)14-18(25-26)22(29)27-13-5-8-19(27)21(28)24-17-6-3-2-4-7-17/h9-12,14,17,19H,2-8,13H2,1H3,(H,24,28)/t19-/m0/s1. The molecule has 4 rings (SSSR count). The molecule has 1 aromatic heterocycles. The third kappa shape index (κ3) is 4.18. The summed E-state index contributed by atoms with van der Waals surface area (Å²) < 4.78 is 14.8. The normalized spacial score (nSPS) is 20.1. The minimum absolute atomic E-state index is 0.0440. The fraction of sp³-hybridized carbons (Fsp3) is 0.500. The number of hydrogen-bond donors (Lipinski definition) is 1. The van der Waals surface area contributed by atoms with Crippen molar-refractivity contribution >= 4 is 11.8 Å². The molecule has 2 aromatic rings. The lowest BCUT2D eigenvalue weighted by molar-refractivity contribution is -0.125. The second kappa shape index (κ2) is 8.35. The molecule has 1 atom stereocenters. The first kappa shape index (κ1) is 19.6. The average molecular weight is 398 g/mol. The molecule has 0 spiro atoms. The highest BCUT2D eigenvalue weighted by Gasteiger charge is 2.36. The highest BCUT2D eigenvalue weighted by Crippen LogP contribution is 2.25. The van der Waals surface area contributed by atoms with Gasteiger partial charge in [0.1, 0.15) is 11.9 Å². The smallest absolute Gasteiger partial charge is 0.275 e. The predicted molar refractivity (Wildman–Crippen MR) is 108 cm³/mol. The molecule has 2 heterocycles. The molecule has 1 aliphatic carbocycles. The molecule has 29 heavy (non-hydrogen) atoms. The number of carbonyl (C=O) groups excluding carboxylic acids is 2. The first-order valence-corrected chi connectivity index (χ1v) is 10.4. The molecule has 2 fully saturated rings. The van der Waals surface area contributed by atoms with Crippen LogP contribution in [0.4, 0.5) is 4.39 Å². The number of nitrogens with one attached hydrogen (secondary N) is 1. The maximum absolute atomic E-state index is 13.2. The molecule has 0 bridgehead atoms. The van der Waals surface area contributed by atoms with E-state index in [1.54, 1.807) is 34.8 Å². The van der Waals surface area contributed by atoms with Crippen LogP contribution < -0.4 is 5.32 Å². The Morgan fingerprint density at radius 2 is 1.79 bits per heavy atom. The van der Waals surface area contributed by atoms with Crippen LogP contribution in [0, 0.1) is 5.82 Å². The summed E-state index contributed by atoms with van der Waals surface area (Å²) in [5, 5.41) is 7.51. The van der Waals surface area contributed by atoms with Crippen LogP contribution in [0.1, 0.15) is 55.4 Å². The molecule has 154 valence electrons. The van der Waals surface area contributed by atoms with E-state index >= 15 is 0 Å². The van der Waals surface area contributed by atoms with E-state index < -0.39 is 6.04 Å². The third-order valence-corrected chi connectivity index (χ3v) is 6.01. The van der Waals surface area contributed by atoms with E-state index in [9.17, 15) is 14.0 Å². The van der Waals surface area contributed by atoms with Crippen molar-refractivity contribution in [3.8, 4) is 11.3 Å². The van der Waals surface area contributed by atoms with Crippen molar-refractivity contribution in [1.82, 2.24) is 20.0 Å². The van der Waals surface area contributed by atoms with E-state index in [1.807, 2.05) is 0 Å². The molecule has 6 nitrogen and oxygen atoms in total. The molecule has 1 aliphatic heterocycles. The van der Waals surface area contributed by atoms with Gasteiger partial charge in [-0.25, -0.2) is 4.39 Å². The molecule has 2 aliphatic rings. The first-order chi connectivity index (χ1) is 14.0. The zero-order chi connectivity index (χ0) is 20.4. The molecule has 1 saturated heterocycles. The van der Waals surface area contributed by atoms with Crippen molar-refractivity contribution in [2.45, 2.75) is 57.0 Å². The van der Waals surface area contributed by atoms with Gasteiger partial charge in [-0.15, -0.1) is 0 Å². The maximum atomic E-state index is 13.2. The molecule has 7 heteroatoms. The number of amides is 2. The van der Waals surface area contributed by atoms with Crippen LogP contribution in [-0.2, 0) is 11.8 Å². The molecule has 0 radical (unpaired) electrons. The largest absolute Gasteiger partial charge is 0.352 e. The van der Waals surface area contributed by atoms with E-state index in [1.165, 1.54) is 18.6 Å². The fourth-order valence-corrected chi connectivity index (χ4v) is 4.44. The fourth-order valence-electron chi connectivity index (χ4n) is 4.44. The minimum Gasteiger partial charge on any atom is -0.352 e. The number of aryl methyl sites for hydroxylation is 1. The van der Waals surface area contributed by atoms with Crippen LogP contribution in [0.5, 0.6) is 0 Å². The summed E-state index contributed by atoms with van der Waals surface area (Å²) in [6.45, 7) is 0.560. The van der Waals surface area contributed by atoms with E-state index in [0.29, 0.717) is 18.7 Å². The van der Waals surface area contributed by atoms with Crippen molar-refractivity contribution < 1.29 is 14.0 Å². The van der Waals surface area contributed by atoms with Gasteiger partial charge in [0.25, 0.3) is 5.91 Å². The van der Waals surface area contributed by atoms with Gasteiger partial charge in [0.2, 0.25) is 5.91 Å². The molecular weight excluding hydrogens is 371 g/mol. The number of benzene rings is 1. The molecule has 2 amide bonds. The summed E-state index contributed by atoms with van der Waals surface area (Å²) in [6, 6.07) is 7.61. The zero-order valence-corrected chi connectivity index (χ0v) is 16.7. The molecule has 0 unspecified atom stereocenters. The second-order valence-electron chi connectivity index (χ2n) is 8.05. The van der Waals surface area contributed by atoms with Crippen LogP contribution >= 0.6 is 0 Å². The van der Waals surface area contributed by atoms with Crippen molar-refractivity contribution in [1.29, 1.82) is 0 Å². The molecule has 1 N–H and O–H groups in total. The van der Waals surface area contributed by atoms with E-state index in [0.717, 1.165) is 43.4 Å². The van der Waals surface area contributed by atoms with Crippen molar-refractivity contribution in [2.24, 2.45) is 7.05 Å². The zero-order valence-electron chi connectivity index (χ0n) is 16.7. The number of hydrogen-bond acceptors (Lipinski definition) is 3. The minimum atomic E-state index is -0.430. The Labute approximate surface area is 170 Å². The Hall–Kier alpha value is -2.70. The number of aromatic nitrogens is 2. The molecular formula is C22H27FN4O2. The number of halogens is 1. The quantitative estimate of drug-likeness (QED) is 0.860. The van der Waals surface area contributed by atoms with E-state index in [-0.39, 0.29) is 23.7 Å². The first-order valence-electron chi connectivity index (χ1n) is 10.4. The number of likely N-dealkylation sites (tertiary alicyclic amines) is 1. The Balaban J connectivity index is 1.49. The van der Waals surface area contributed by atoms with Gasteiger partial charge < -0.3 is 10.2 Å². The topological polar surface area (TPSA) is 67.2 Å². The van der Waals surface area contributed by atoms with Crippen molar-refractivity contribution in [3.05, 3.63) is 41.8 Å². The van der Waals surface area contributed by atoms with Crippen molar-refractivity contribution in [2.75, 3.05) is 6.54 Å². The summed E-state index contributed by atoms with van der Waals surface area (Å²) >= 11 is 0. The van der Waals surface area contributed by atoms with Gasteiger partial charge >= 0.3 is 0 Å². The highest BCUT2D eigenvalue weighted by atomic mass is 19.1. The van der Waals surface area contributed by atoms with Gasteiger partial charge in [-0.05, 0) is 61.6 Å². The van der Waals surface area contributed by atoms with Gasteiger partial charge in [-0.3, -0.25) is 14.3 Å².